The minimum atomic E-state index is 0.621. The molecule has 0 aliphatic heterocycles. The van der Waals surface area contributed by atoms with Crippen LogP contribution >= 0.6 is 0 Å². The van der Waals surface area contributed by atoms with Crippen LogP contribution in [0.15, 0.2) is 30.3 Å². The molecule has 20 heavy (non-hydrogen) atoms. The molecular formula is C19H29N. The maximum atomic E-state index is 3.82. The Bertz CT molecular complexity index is 387. The van der Waals surface area contributed by atoms with Crippen LogP contribution in [0.1, 0.15) is 63.4 Å². The van der Waals surface area contributed by atoms with E-state index in [0.717, 1.165) is 6.04 Å². The van der Waals surface area contributed by atoms with Crippen molar-refractivity contribution in [3.8, 4) is 0 Å². The van der Waals surface area contributed by atoms with E-state index in [4.69, 9.17) is 0 Å². The largest absolute Gasteiger partial charge is 0.313 e. The van der Waals surface area contributed by atoms with Crippen LogP contribution in [-0.2, 0) is 6.42 Å². The minimum absolute atomic E-state index is 0.621. The Kier molecular flexibility index (Phi) is 4.77. The first-order valence-electron chi connectivity index (χ1n) is 8.64. The predicted molar refractivity (Wildman–Crippen MR) is 85.9 cm³/mol. The normalized spacial score (nSPS) is 21.8. The van der Waals surface area contributed by atoms with Crippen molar-refractivity contribution in [2.75, 3.05) is 6.54 Å². The fourth-order valence-electron chi connectivity index (χ4n) is 3.78. The van der Waals surface area contributed by atoms with Gasteiger partial charge in [-0.1, -0.05) is 49.6 Å². The molecule has 1 aromatic carbocycles. The molecule has 2 saturated carbocycles. The topological polar surface area (TPSA) is 12.0 Å². The van der Waals surface area contributed by atoms with Gasteiger partial charge in [0.25, 0.3) is 0 Å². The Morgan fingerprint density at radius 2 is 1.75 bits per heavy atom. The quantitative estimate of drug-likeness (QED) is 0.757. The lowest BCUT2D eigenvalue weighted by Crippen LogP contribution is -2.37. The number of nitrogens with one attached hydrogen (secondary N) is 1. The van der Waals surface area contributed by atoms with E-state index in [0.29, 0.717) is 5.41 Å². The van der Waals surface area contributed by atoms with Gasteiger partial charge < -0.3 is 5.32 Å². The molecule has 0 radical (unpaired) electrons. The zero-order chi connectivity index (χ0) is 13.7. The summed E-state index contributed by atoms with van der Waals surface area (Å²) in [6.45, 7) is 1.28. The zero-order valence-corrected chi connectivity index (χ0v) is 12.7. The van der Waals surface area contributed by atoms with Crippen LogP contribution in [0.25, 0.3) is 0 Å². The van der Waals surface area contributed by atoms with E-state index >= 15 is 0 Å². The first-order valence-corrected chi connectivity index (χ1v) is 8.64. The average Bonchev–Trinajstić information content (AvgIpc) is 3.32. The molecule has 1 heteroatoms. The molecule has 1 aromatic rings. The second kappa shape index (κ2) is 6.76. The van der Waals surface area contributed by atoms with Gasteiger partial charge in [0.2, 0.25) is 0 Å². The molecule has 0 saturated heterocycles. The number of hydrogen-bond acceptors (Lipinski definition) is 1. The molecule has 3 rings (SSSR count). The van der Waals surface area contributed by atoms with E-state index in [1.165, 1.54) is 76.3 Å². The Hall–Kier alpha value is -0.820. The Balaban J connectivity index is 1.49. The summed E-state index contributed by atoms with van der Waals surface area (Å²) in [7, 11) is 0. The van der Waals surface area contributed by atoms with Crippen LogP contribution in [0.2, 0.25) is 0 Å². The molecule has 0 bridgehead atoms. The standard InChI is InChI=1S/C19H29N/c1-3-8-17(9-4-1)10-7-15-19(13-5-2-6-14-19)16-20-18-11-12-18/h1,3-4,8-9,18,20H,2,5-7,10-16H2. The van der Waals surface area contributed by atoms with Gasteiger partial charge in [0.1, 0.15) is 0 Å². The van der Waals surface area contributed by atoms with Crippen molar-refractivity contribution in [3.63, 3.8) is 0 Å². The summed E-state index contributed by atoms with van der Waals surface area (Å²) in [5.41, 5.74) is 2.13. The lowest BCUT2D eigenvalue weighted by molar-refractivity contribution is 0.162. The van der Waals surface area contributed by atoms with Gasteiger partial charge in [-0.05, 0) is 55.9 Å². The predicted octanol–water partition coefficient (Wildman–Crippen LogP) is 4.71. The maximum absolute atomic E-state index is 3.82. The van der Waals surface area contributed by atoms with Crippen LogP contribution in [0.5, 0.6) is 0 Å². The van der Waals surface area contributed by atoms with Crippen LogP contribution < -0.4 is 5.32 Å². The molecule has 0 unspecified atom stereocenters. The minimum Gasteiger partial charge on any atom is -0.313 e. The maximum Gasteiger partial charge on any atom is 0.00684 e. The van der Waals surface area contributed by atoms with Gasteiger partial charge in [-0.2, -0.15) is 0 Å². The molecule has 2 aliphatic rings. The molecule has 1 nitrogen and oxygen atoms in total. The third-order valence-corrected chi connectivity index (χ3v) is 5.27. The van der Waals surface area contributed by atoms with Gasteiger partial charge in [0, 0.05) is 12.6 Å². The summed E-state index contributed by atoms with van der Waals surface area (Å²) in [6.07, 6.45) is 14.2. The van der Waals surface area contributed by atoms with Crippen molar-refractivity contribution >= 4 is 0 Å². The van der Waals surface area contributed by atoms with Gasteiger partial charge in [-0.3, -0.25) is 0 Å². The summed E-state index contributed by atoms with van der Waals surface area (Å²) < 4.78 is 0. The zero-order valence-electron chi connectivity index (χ0n) is 12.7. The van der Waals surface area contributed by atoms with E-state index in [2.05, 4.69) is 35.6 Å². The Labute approximate surface area is 124 Å². The summed E-state index contributed by atoms with van der Waals surface area (Å²) >= 11 is 0. The first kappa shape index (κ1) is 14.1. The second-order valence-electron chi connectivity index (χ2n) is 7.05. The molecule has 0 aromatic heterocycles. The molecule has 110 valence electrons. The van der Waals surface area contributed by atoms with Crippen molar-refractivity contribution < 1.29 is 0 Å². The van der Waals surface area contributed by atoms with E-state index < -0.39 is 0 Å². The van der Waals surface area contributed by atoms with Gasteiger partial charge in [-0.15, -0.1) is 0 Å². The summed E-state index contributed by atoms with van der Waals surface area (Å²) in [5.74, 6) is 0. The third-order valence-electron chi connectivity index (χ3n) is 5.27. The van der Waals surface area contributed by atoms with Crippen LogP contribution in [0, 0.1) is 5.41 Å². The summed E-state index contributed by atoms with van der Waals surface area (Å²) in [6, 6.07) is 11.9. The second-order valence-corrected chi connectivity index (χ2v) is 7.05. The van der Waals surface area contributed by atoms with Crippen molar-refractivity contribution in [1.29, 1.82) is 0 Å². The van der Waals surface area contributed by atoms with E-state index in [1.807, 2.05) is 0 Å². The van der Waals surface area contributed by atoms with Gasteiger partial charge >= 0.3 is 0 Å². The SMILES string of the molecule is c1ccc(CCCC2(CNC3CC3)CCCCC2)cc1. The molecule has 0 amide bonds. The Morgan fingerprint density at radius 1 is 1.00 bits per heavy atom. The highest BCUT2D eigenvalue weighted by Crippen LogP contribution is 2.40. The number of benzene rings is 1. The Morgan fingerprint density at radius 3 is 2.45 bits per heavy atom. The highest BCUT2D eigenvalue weighted by molar-refractivity contribution is 5.14. The summed E-state index contributed by atoms with van der Waals surface area (Å²) in [4.78, 5) is 0. The van der Waals surface area contributed by atoms with Crippen LogP contribution in [0.4, 0.5) is 0 Å². The third kappa shape index (κ3) is 4.09. The number of aryl methyl sites for hydroxylation is 1. The van der Waals surface area contributed by atoms with Crippen molar-refractivity contribution in [3.05, 3.63) is 35.9 Å². The highest BCUT2D eigenvalue weighted by Gasteiger charge is 2.33. The molecule has 0 heterocycles. The smallest absolute Gasteiger partial charge is 0.00684 e. The monoisotopic (exact) mass is 271 g/mol. The average molecular weight is 271 g/mol. The molecule has 2 fully saturated rings. The van der Waals surface area contributed by atoms with Gasteiger partial charge in [0.15, 0.2) is 0 Å². The van der Waals surface area contributed by atoms with Crippen molar-refractivity contribution in [2.24, 2.45) is 5.41 Å². The fraction of sp³-hybridized carbons (Fsp3) is 0.684. The van der Waals surface area contributed by atoms with Gasteiger partial charge in [-0.25, -0.2) is 0 Å². The number of hydrogen-bond donors (Lipinski definition) is 1. The molecule has 0 spiro atoms. The van der Waals surface area contributed by atoms with E-state index in [1.54, 1.807) is 0 Å². The van der Waals surface area contributed by atoms with Crippen LogP contribution in [-0.4, -0.2) is 12.6 Å². The number of rotatable bonds is 7. The van der Waals surface area contributed by atoms with E-state index in [-0.39, 0.29) is 0 Å². The lowest BCUT2D eigenvalue weighted by atomic mass is 9.70. The summed E-state index contributed by atoms with van der Waals surface area (Å²) in [5, 5.41) is 3.82. The van der Waals surface area contributed by atoms with Crippen molar-refractivity contribution in [1.82, 2.24) is 5.32 Å². The molecular weight excluding hydrogens is 242 g/mol. The molecule has 0 atom stereocenters. The van der Waals surface area contributed by atoms with Gasteiger partial charge in [0.05, 0.1) is 0 Å². The van der Waals surface area contributed by atoms with E-state index in [9.17, 15) is 0 Å². The fourth-order valence-corrected chi connectivity index (χ4v) is 3.78. The lowest BCUT2D eigenvalue weighted by Gasteiger charge is -2.38. The van der Waals surface area contributed by atoms with Crippen molar-refractivity contribution in [2.45, 2.75) is 70.3 Å². The van der Waals surface area contributed by atoms with Crippen LogP contribution in [0.3, 0.4) is 0 Å². The molecule has 1 N–H and O–H groups in total. The first-order chi connectivity index (χ1) is 9.86. The molecule has 2 aliphatic carbocycles. The highest BCUT2D eigenvalue weighted by atomic mass is 15.0.